The second-order valence-corrected chi connectivity index (χ2v) is 8.09. The van der Waals surface area contributed by atoms with E-state index in [0.717, 1.165) is 23.3 Å². The average molecular weight is 359 g/mol. The summed E-state index contributed by atoms with van der Waals surface area (Å²) >= 11 is 5.72. The summed E-state index contributed by atoms with van der Waals surface area (Å²) in [7, 11) is 1.70. The largest absolute Gasteiger partial charge is 0.497 e. The Balaban J connectivity index is 2.27. The predicted octanol–water partition coefficient (Wildman–Crippen LogP) is 3.28. The van der Waals surface area contributed by atoms with Crippen LogP contribution in [-0.4, -0.2) is 42.1 Å². The summed E-state index contributed by atoms with van der Waals surface area (Å²) in [4.78, 5) is 2.51. The highest BCUT2D eigenvalue weighted by atomic mass is 79.9. The number of methoxy groups -OCH3 is 1. The fourth-order valence-electron chi connectivity index (χ4n) is 2.85. The fourth-order valence-corrected chi connectivity index (χ4v) is 4.71. The maximum absolute atomic E-state index is 6.08. The second kappa shape index (κ2) is 7.16. The predicted molar refractivity (Wildman–Crippen MR) is 90.6 cm³/mol. The number of benzene rings is 1. The van der Waals surface area contributed by atoms with Gasteiger partial charge in [-0.15, -0.1) is 0 Å². The Morgan fingerprint density at radius 2 is 2.05 bits per heavy atom. The number of ether oxygens (including phenoxy) is 1. The topological polar surface area (TPSA) is 38.5 Å². The summed E-state index contributed by atoms with van der Waals surface area (Å²) in [5.41, 5.74) is 7.30. The van der Waals surface area contributed by atoms with E-state index in [9.17, 15) is 0 Å². The average Bonchev–Trinajstić information content (AvgIpc) is 2.40. The van der Waals surface area contributed by atoms with Crippen molar-refractivity contribution in [3.05, 3.63) is 28.2 Å². The van der Waals surface area contributed by atoms with Crippen LogP contribution in [0.15, 0.2) is 22.7 Å². The van der Waals surface area contributed by atoms with Crippen LogP contribution >= 0.6 is 27.7 Å². The highest BCUT2D eigenvalue weighted by Crippen LogP contribution is 2.35. The van der Waals surface area contributed by atoms with Crippen LogP contribution in [-0.2, 0) is 0 Å². The molecule has 2 rings (SSSR count). The lowest BCUT2D eigenvalue weighted by atomic mass is 10.0. The van der Waals surface area contributed by atoms with E-state index in [0.29, 0.717) is 17.0 Å². The number of rotatable bonds is 4. The van der Waals surface area contributed by atoms with Gasteiger partial charge < -0.3 is 10.5 Å². The van der Waals surface area contributed by atoms with Gasteiger partial charge in [-0.1, -0.05) is 29.8 Å². The SMILES string of the molecule is COc1ccc(Br)c(C(CN)N2CC(C)SC(C)C2)c1. The molecule has 2 N–H and O–H groups in total. The molecule has 0 amide bonds. The van der Waals surface area contributed by atoms with Crippen molar-refractivity contribution in [2.75, 3.05) is 26.7 Å². The Morgan fingerprint density at radius 1 is 1.40 bits per heavy atom. The molecule has 1 aromatic rings. The third-order valence-electron chi connectivity index (χ3n) is 3.67. The van der Waals surface area contributed by atoms with Gasteiger partial charge in [0.05, 0.1) is 7.11 Å². The fraction of sp³-hybridized carbons (Fsp3) is 0.600. The summed E-state index contributed by atoms with van der Waals surface area (Å²) in [5, 5.41) is 1.30. The molecule has 1 aliphatic heterocycles. The van der Waals surface area contributed by atoms with Crippen LogP contribution in [0.3, 0.4) is 0 Å². The van der Waals surface area contributed by atoms with Crippen LogP contribution in [0, 0.1) is 0 Å². The van der Waals surface area contributed by atoms with Gasteiger partial charge in [0, 0.05) is 40.6 Å². The third kappa shape index (κ3) is 3.70. The van der Waals surface area contributed by atoms with E-state index in [-0.39, 0.29) is 6.04 Å². The van der Waals surface area contributed by atoms with Crippen LogP contribution in [0.2, 0.25) is 0 Å². The lowest BCUT2D eigenvalue weighted by Crippen LogP contribution is -2.44. The molecule has 3 atom stereocenters. The molecule has 1 fully saturated rings. The standard InChI is InChI=1S/C15H23BrN2OS/c1-10-8-18(9-11(2)20-10)15(7-17)13-6-12(19-3)4-5-14(13)16/h4-6,10-11,15H,7-9,17H2,1-3H3. The molecular formula is C15H23BrN2OS. The molecule has 0 aliphatic carbocycles. The third-order valence-corrected chi connectivity index (χ3v) is 5.62. The molecule has 1 saturated heterocycles. The highest BCUT2D eigenvalue weighted by Gasteiger charge is 2.29. The molecule has 112 valence electrons. The Labute approximate surface area is 134 Å². The quantitative estimate of drug-likeness (QED) is 0.896. The van der Waals surface area contributed by atoms with Gasteiger partial charge in [-0.2, -0.15) is 11.8 Å². The van der Waals surface area contributed by atoms with Gasteiger partial charge in [-0.25, -0.2) is 0 Å². The lowest BCUT2D eigenvalue weighted by molar-refractivity contribution is 0.198. The lowest BCUT2D eigenvalue weighted by Gasteiger charge is -2.40. The number of hydrogen-bond donors (Lipinski definition) is 1. The van der Waals surface area contributed by atoms with Crippen LogP contribution in [0.4, 0.5) is 0 Å². The van der Waals surface area contributed by atoms with E-state index in [2.05, 4.69) is 52.5 Å². The van der Waals surface area contributed by atoms with Crippen molar-refractivity contribution in [1.29, 1.82) is 0 Å². The van der Waals surface area contributed by atoms with E-state index in [1.807, 2.05) is 12.1 Å². The first kappa shape index (κ1) is 16.1. The Kier molecular flexibility index (Phi) is 5.78. The zero-order valence-electron chi connectivity index (χ0n) is 12.3. The van der Waals surface area contributed by atoms with Gasteiger partial charge in [0.1, 0.15) is 5.75 Å². The van der Waals surface area contributed by atoms with Crippen molar-refractivity contribution in [2.24, 2.45) is 5.73 Å². The van der Waals surface area contributed by atoms with Gasteiger partial charge in [0.15, 0.2) is 0 Å². The van der Waals surface area contributed by atoms with Gasteiger partial charge in [-0.05, 0) is 23.8 Å². The highest BCUT2D eigenvalue weighted by molar-refractivity contribution is 9.10. The van der Waals surface area contributed by atoms with E-state index < -0.39 is 0 Å². The van der Waals surface area contributed by atoms with Gasteiger partial charge in [0.25, 0.3) is 0 Å². The molecule has 1 aliphatic rings. The molecule has 0 radical (unpaired) electrons. The molecular weight excluding hydrogens is 336 g/mol. The van der Waals surface area contributed by atoms with E-state index >= 15 is 0 Å². The molecule has 1 aromatic carbocycles. The Hall–Kier alpha value is -0.230. The van der Waals surface area contributed by atoms with Crippen LogP contribution in [0.1, 0.15) is 25.5 Å². The molecule has 0 saturated carbocycles. The molecule has 0 bridgehead atoms. The smallest absolute Gasteiger partial charge is 0.119 e. The van der Waals surface area contributed by atoms with E-state index in [1.165, 1.54) is 5.56 Å². The summed E-state index contributed by atoms with van der Waals surface area (Å²) in [6.45, 7) is 7.37. The number of halogens is 1. The van der Waals surface area contributed by atoms with Gasteiger partial charge in [0.2, 0.25) is 0 Å². The minimum Gasteiger partial charge on any atom is -0.497 e. The molecule has 3 unspecified atom stereocenters. The van der Waals surface area contributed by atoms with Crippen LogP contribution < -0.4 is 10.5 Å². The van der Waals surface area contributed by atoms with Crippen LogP contribution in [0.25, 0.3) is 0 Å². The summed E-state index contributed by atoms with van der Waals surface area (Å²) in [5.74, 6) is 0.883. The van der Waals surface area contributed by atoms with Crippen molar-refractivity contribution in [3.8, 4) is 5.75 Å². The molecule has 5 heteroatoms. The number of hydrogen-bond acceptors (Lipinski definition) is 4. The monoisotopic (exact) mass is 358 g/mol. The van der Waals surface area contributed by atoms with E-state index in [1.54, 1.807) is 7.11 Å². The molecule has 0 spiro atoms. The Morgan fingerprint density at radius 3 is 2.60 bits per heavy atom. The second-order valence-electron chi connectivity index (χ2n) is 5.35. The maximum atomic E-state index is 6.08. The Bertz CT molecular complexity index is 447. The summed E-state index contributed by atoms with van der Waals surface area (Å²) < 4.78 is 6.45. The first-order valence-electron chi connectivity index (χ1n) is 6.98. The van der Waals surface area contributed by atoms with Crippen molar-refractivity contribution < 1.29 is 4.74 Å². The molecule has 0 aromatic heterocycles. The first-order valence-corrected chi connectivity index (χ1v) is 8.71. The molecule has 1 heterocycles. The summed E-state index contributed by atoms with van der Waals surface area (Å²) in [6.07, 6.45) is 0. The molecule has 20 heavy (non-hydrogen) atoms. The number of thioether (sulfide) groups is 1. The van der Waals surface area contributed by atoms with E-state index in [4.69, 9.17) is 10.5 Å². The number of nitrogens with zero attached hydrogens (tertiary/aromatic N) is 1. The van der Waals surface area contributed by atoms with Crippen molar-refractivity contribution >= 4 is 27.7 Å². The van der Waals surface area contributed by atoms with Crippen molar-refractivity contribution in [2.45, 2.75) is 30.4 Å². The normalized spacial score (nSPS) is 25.4. The number of nitrogens with two attached hydrogens (primary N) is 1. The van der Waals surface area contributed by atoms with Crippen LogP contribution in [0.5, 0.6) is 5.75 Å². The maximum Gasteiger partial charge on any atom is 0.119 e. The minimum atomic E-state index is 0.241. The van der Waals surface area contributed by atoms with Crippen molar-refractivity contribution in [1.82, 2.24) is 4.90 Å². The van der Waals surface area contributed by atoms with Crippen molar-refractivity contribution in [3.63, 3.8) is 0 Å². The molecule has 3 nitrogen and oxygen atoms in total. The first-order chi connectivity index (χ1) is 9.55. The zero-order valence-corrected chi connectivity index (χ0v) is 14.7. The van der Waals surface area contributed by atoms with Gasteiger partial charge in [-0.3, -0.25) is 4.90 Å². The zero-order chi connectivity index (χ0) is 14.7. The summed E-state index contributed by atoms with van der Waals surface area (Å²) in [6, 6.07) is 6.35. The van der Waals surface area contributed by atoms with Gasteiger partial charge >= 0.3 is 0 Å². The minimum absolute atomic E-state index is 0.241.